The third-order valence-electron chi connectivity index (χ3n) is 4.05. The summed E-state index contributed by atoms with van der Waals surface area (Å²) in [6, 6.07) is 10.3. The van der Waals surface area contributed by atoms with Crippen LogP contribution in [0, 0.1) is 6.92 Å². The van der Waals surface area contributed by atoms with Gasteiger partial charge in [0.2, 0.25) is 0 Å². The quantitative estimate of drug-likeness (QED) is 0.910. The van der Waals surface area contributed by atoms with Gasteiger partial charge in [-0.05, 0) is 48.9 Å². The number of nitrogens with zero attached hydrogens (tertiary/aromatic N) is 1. The Kier molecular flexibility index (Phi) is 2.60. The zero-order valence-corrected chi connectivity index (χ0v) is 12.1. The maximum atomic E-state index is 12.8. The number of carbonyl (C=O) groups is 1. The van der Waals surface area contributed by atoms with Crippen LogP contribution in [-0.2, 0) is 0 Å². The summed E-state index contributed by atoms with van der Waals surface area (Å²) in [4.78, 5) is 16.1. The van der Waals surface area contributed by atoms with Gasteiger partial charge in [-0.3, -0.25) is 4.79 Å². The highest BCUT2D eigenvalue weighted by Gasteiger charge is 2.42. The minimum absolute atomic E-state index is 0.00935. The van der Waals surface area contributed by atoms with Gasteiger partial charge >= 0.3 is 0 Å². The summed E-state index contributed by atoms with van der Waals surface area (Å²) in [6.45, 7) is 2.11. The lowest BCUT2D eigenvalue weighted by Crippen LogP contribution is -2.44. The Bertz CT molecular complexity index is 675. The number of nitrogens with one attached hydrogen (secondary N) is 1. The molecule has 4 rings (SSSR count). The lowest BCUT2D eigenvalue weighted by molar-refractivity contribution is 0.0669. The van der Waals surface area contributed by atoms with Crippen molar-refractivity contribution >= 4 is 22.9 Å². The van der Waals surface area contributed by atoms with Gasteiger partial charge in [0.1, 0.15) is 6.17 Å². The molecule has 1 unspecified atom stereocenters. The summed E-state index contributed by atoms with van der Waals surface area (Å²) in [6.07, 6.45) is 2.23. The van der Waals surface area contributed by atoms with E-state index in [1.54, 1.807) is 11.3 Å². The molecule has 1 fully saturated rings. The van der Waals surface area contributed by atoms with Crippen LogP contribution in [0.3, 0.4) is 0 Å². The Balaban J connectivity index is 1.82. The molecule has 20 heavy (non-hydrogen) atoms. The van der Waals surface area contributed by atoms with Crippen molar-refractivity contribution < 1.29 is 4.79 Å². The molecule has 1 aromatic heterocycles. The molecular formula is C16H16N2OS. The van der Waals surface area contributed by atoms with Gasteiger partial charge in [0.05, 0.1) is 10.4 Å². The Morgan fingerprint density at radius 1 is 1.25 bits per heavy atom. The van der Waals surface area contributed by atoms with Crippen LogP contribution in [0.2, 0.25) is 0 Å². The highest BCUT2D eigenvalue weighted by Crippen LogP contribution is 2.42. The highest BCUT2D eigenvalue weighted by molar-refractivity contribution is 7.10. The number of para-hydroxylation sites is 1. The van der Waals surface area contributed by atoms with Gasteiger partial charge in [0.15, 0.2) is 0 Å². The third-order valence-corrected chi connectivity index (χ3v) is 5.12. The van der Waals surface area contributed by atoms with Crippen LogP contribution in [0.4, 0.5) is 5.69 Å². The Hall–Kier alpha value is -1.81. The Morgan fingerprint density at radius 3 is 2.75 bits per heavy atom. The monoisotopic (exact) mass is 284 g/mol. The van der Waals surface area contributed by atoms with Crippen molar-refractivity contribution in [3.63, 3.8) is 0 Å². The molecule has 1 saturated carbocycles. The summed E-state index contributed by atoms with van der Waals surface area (Å²) in [7, 11) is 0. The first-order valence-corrected chi connectivity index (χ1v) is 7.86. The summed E-state index contributed by atoms with van der Waals surface area (Å²) in [5.74, 6) is 0.166. The number of thiophene rings is 1. The van der Waals surface area contributed by atoms with Gasteiger partial charge in [-0.25, -0.2) is 0 Å². The molecule has 0 radical (unpaired) electrons. The zero-order chi connectivity index (χ0) is 13.7. The SMILES string of the molecule is Cc1ccsc1C1Nc2ccccc2C(=O)N1C1CC1. The van der Waals surface area contributed by atoms with Gasteiger partial charge in [-0.1, -0.05) is 12.1 Å². The Labute approximate surface area is 122 Å². The molecule has 2 aliphatic rings. The van der Waals surface area contributed by atoms with Crippen LogP contribution < -0.4 is 5.32 Å². The standard InChI is InChI=1S/C16H16N2OS/c1-10-8-9-20-14(10)15-17-13-5-3-2-4-12(13)16(19)18(15)11-6-7-11/h2-5,8-9,11,15,17H,6-7H2,1H3. The molecular weight excluding hydrogens is 268 g/mol. The van der Waals surface area contributed by atoms with Crippen molar-refractivity contribution in [1.82, 2.24) is 4.90 Å². The van der Waals surface area contributed by atoms with Crippen molar-refractivity contribution in [2.24, 2.45) is 0 Å². The van der Waals surface area contributed by atoms with E-state index in [2.05, 4.69) is 23.7 Å². The molecule has 1 amide bonds. The number of hydrogen-bond acceptors (Lipinski definition) is 3. The zero-order valence-electron chi connectivity index (χ0n) is 11.3. The molecule has 0 saturated heterocycles. The first kappa shape index (κ1) is 12.0. The van der Waals surface area contributed by atoms with E-state index in [0.29, 0.717) is 6.04 Å². The topological polar surface area (TPSA) is 32.3 Å². The second-order valence-electron chi connectivity index (χ2n) is 5.50. The normalized spacial score (nSPS) is 21.6. The average molecular weight is 284 g/mol. The first-order valence-electron chi connectivity index (χ1n) is 6.98. The van der Waals surface area contributed by atoms with Crippen LogP contribution >= 0.6 is 11.3 Å². The molecule has 1 aromatic carbocycles. The largest absolute Gasteiger partial charge is 0.360 e. The number of hydrogen-bond donors (Lipinski definition) is 1. The predicted octanol–water partition coefficient (Wildman–Crippen LogP) is 3.79. The number of carbonyl (C=O) groups excluding carboxylic acids is 1. The highest BCUT2D eigenvalue weighted by atomic mass is 32.1. The second-order valence-corrected chi connectivity index (χ2v) is 6.45. The van der Waals surface area contributed by atoms with Gasteiger partial charge < -0.3 is 10.2 Å². The number of rotatable bonds is 2. The number of anilines is 1. The fourth-order valence-electron chi connectivity index (χ4n) is 2.85. The molecule has 2 aromatic rings. The first-order chi connectivity index (χ1) is 9.75. The number of benzene rings is 1. The molecule has 3 nitrogen and oxygen atoms in total. The van der Waals surface area contributed by atoms with Crippen molar-refractivity contribution in [1.29, 1.82) is 0 Å². The molecule has 1 aliphatic carbocycles. The van der Waals surface area contributed by atoms with E-state index < -0.39 is 0 Å². The van der Waals surface area contributed by atoms with E-state index in [9.17, 15) is 4.79 Å². The predicted molar refractivity (Wildman–Crippen MR) is 81.1 cm³/mol. The summed E-state index contributed by atoms with van der Waals surface area (Å²) >= 11 is 1.73. The maximum absolute atomic E-state index is 12.8. The third kappa shape index (κ3) is 1.75. The number of aryl methyl sites for hydroxylation is 1. The van der Waals surface area contributed by atoms with Gasteiger partial charge in [0, 0.05) is 11.7 Å². The van der Waals surface area contributed by atoms with Crippen molar-refractivity contribution in [2.45, 2.75) is 32.0 Å². The fraction of sp³-hybridized carbons (Fsp3) is 0.312. The fourth-order valence-corrected chi connectivity index (χ4v) is 3.83. The second kappa shape index (κ2) is 4.35. The molecule has 0 bridgehead atoms. The number of fused-ring (bicyclic) bond motifs is 1. The van der Waals surface area contributed by atoms with E-state index in [-0.39, 0.29) is 12.1 Å². The lowest BCUT2D eigenvalue weighted by atomic mass is 10.1. The van der Waals surface area contributed by atoms with E-state index in [0.717, 1.165) is 24.1 Å². The maximum Gasteiger partial charge on any atom is 0.258 e. The summed E-state index contributed by atoms with van der Waals surface area (Å²) in [5, 5.41) is 5.66. The number of amides is 1. The van der Waals surface area contributed by atoms with Gasteiger partial charge in [-0.15, -0.1) is 11.3 Å². The van der Waals surface area contributed by atoms with Gasteiger partial charge in [0.25, 0.3) is 5.91 Å². The van der Waals surface area contributed by atoms with Crippen LogP contribution in [0.1, 0.15) is 39.8 Å². The van der Waals surface area contributed by atoms with E-state index >= 15 is 0 Å². The minimum atomic E-state index is -0.00935. The minimum Gasteiger partial charge on any atom is -0.360 e. The van der Waals surface area contributed by atoms with E-state index in [1.807, 2.05) is 29.2 Å². The van der Waals surface area contributed by atoms with Crippen LogP contribution in [-0.4, -0.2) is 16.8 Å². The van der Waals surface area contributed by atoms with Crippen LogP contribution in [0.25, 0.3) is 0 Å². The molecule has 0 spiro atoms. The molecule has 1 aliphatic heterocycles. The van der Waals surface area contributed by atoms with Gasteiger partial charge in [-0.2, -0.15) is 0 Å². The molecule has 102 valence electrons. The molecule has 2 heterocycles. The lowest BCUT2D eigenvalue weighted by Gasteiger charge is -2.38. The molecule has 1 atom stereocenters. The molecule has 1 N–H and O–H groups in total. The van der Waals surface area contributed by atoms with Crippen LogP contribution in [0.5, 0.6) is 0 Å². The van der Waals surface area contributed by atoms with E-state index in [4.69, 9.17) is 0 Å². The summed E-state index contributed by atoms with van der Waals surface area (Å²) in [5.41, 5.74) is 3.00. The summed E-state index contributed by atoms with van der Waals surface area (Å²) < 4.78 is 0. The van der Waals surface area contributed by atoms with Crippen LogP contribution in [0.15, 0.2) is 35.7 Å². The van der Waals surface area contributed by atoms with E-state index in [1.165, 1.54) is 10.4 Å². The molecule has 4 heteroatoms. The van der Waals surface area contributed by atoms with Crippen molar-refractivity contribution in [3.05, 3.63) is 51.7 Å². The smallest absolute Gasteiger partial charge is 0.258 e. The van der Waals surface area contributed by atoms with Crippen molar-refractivity contribution in [3.8, 4) is 0 Å². The average Bonchev–Trinajstić information content (AvgIpc) is 3.20. The Morgan fingerprint density at radius 2 is 2.05 bits per heavy atom. The van der Waals surface area contributed by atoms with Crippen molar-refractivity contribution in [2.75, 3.05) is 5.32 Å².